The maximum atomic E-state index is 10.7. The Morgan fingerprint density at radius 3 is 2.94 bits per heavy atom. The van der Waals surface area contributed by atoms with E-state index in [1.165, 1.54) is 12.3 Å². The highest BCUT2D eigenvalue weighted by Crippen LogP contribution is 2.16. The van der Waals surface area contributed by atoms with Gasteiger partial charge < -0.3 is 20.9 Å². The third-order valence-electron chi connectivity index (χ3n) is 2.17. The van der Waals surface area contributed by atoms with Crippen LogP contribution in [0.15, 0.2) is 12.3 Å². The molecule has 0 aliphatic heterocycles. The van der Waals surface area contributed by atoms with Gasteiger partial charge in [-0.1, -0.05) is 0 Å². The van der Waals surface area contributed by atoms with E-state index in [0.29, 0.717) is 24.7 Å². The van der Waals surface area contributed by atoms with Crippen LogP contribution in [0.1, 0.15) is 24.2 Å². The van der Waals surface area contributed by atoms with Crippen LogP contribution in [0.2, 0.25) is 0 Å². The number of rotatable bonds is 6. The third-order valence-corrected chi connectivity index (χ3v) is 2.17. The topological polar surface area (TPSA) is 97.5 Å². The quantitative estimate of drug-likeness (QED) is 0.690. The lowest BCUT2D eigenvalue weighted by Crippen LogP contribution is -2.21. The van der Waals surface area contributed by atoms with Crippen LogP contribution in [-0.2, 0) is 4.74 Å². The zero-order valence-electron chi connectivity index (χ0n) is 9.93. The summed E-state index contributed by atoms with van der Waals surface area (Å²) in [6.07, 6.45) is 1.31. The number of nitrogens with two attached hydrogens (primary N) is 1. The highest BCUT2D eigenvalue weighted by atomic mass is 16.5. The minimum atomic E-state index is -1.04. The molecule has 1 rings (SSSR count). The lowest BCUT2D eigenvalue weighted by molar-refractivity contribution is 0.0696. The standard InChI is InChI=1S/C11H17N3O3/c1-3-17-7(2)5-13-10-9(12)4-8(6-14-10)11(15)16/h4,6-7H,3,5,12H2,1-2H3,(H,13,14)(H,15,16). The monoisotopic (exact) mass is 239 g/mol. The Balaban J connectivity index is 2.63. The summed E-state index contributed by atoms with van der Waals surface area (Å²) in [7, 11) is 0. The molecular formula is C11H17N3O3. The number of anilines is 2. The van der Waals surface area contributed by atoms with Crippen molar-refractivity contribution in [3.8, 4) is 0 Å². The molecule has 94 valence electrons. The number of nitrogen functional groups attached to an aromatic ring is 1. The number of carbonyl (C=O) groups is 1. The van der Waals surface area contributed by atoms with Gasteiger partial charge in [-0.25, -0.2) is 9.78 Å². The van der Waals surface area contributed by atoms with Crippen LogP contribution in [0.4, 0.5) is 11.5 Å². The number of aromatic nitrogens is 1. The van der Waals surface area contributed by atoms with E-state index in [-0.39, 0.29) is 11.7 Å². The van der Waals surface area contributed by atoms with Crippen LogP contribution >= 0.6 is 0 Å². The minimum absolute atomic E-state index is 0.0420. The van der Waals surface area contributed by atoms with E-state index < -0.39 is 5.97 Å². The molecule has 0 amide bonds. The van der Waals surface area contributed by atoms with Crippen LogP contribution in [0.25, 0.3) is 0 Å². The molecule has 1 aromatic rings. The Bertz CT molecular complexity index is 396. The molecule has 1 unspecified atom stereocenters. The summed E-state index contributed by atoms with van der Waals surface area (Å²) >= 11 is 0. The molecule has 0 radical (unpaired) electrons. The summed E-state index contributed by atoms with van der Waals surface area (Å²) in [6, 6.07) is 1.38. The van der Waals surface area contributed by atoms with Crippen LogP contribution in [0, 0.1) is 0 Å². The van der Waals surface area contributed by atoms with Crippen LogP contribution < -0.4 is 11.1 Å². The van der Waals surface area contributed by atoms with Crippen molar-refractivity contribution >= 4 is 17.5 Å². The first kappa shape index (κ1) is 13.2. The molecule has 0 fully saturated rings. The van der Waals surface area contributed by atoms with Crippen molar-refractivity contribution in [3.63, 3.8) is 0 Å². The first-order valence-corrected chi connectivity index (χ1v) is 5.38. The van der Waals surface area contributed by atoms with E-state index in [2.05, 4.69) is 10.3 Å². The second-order valence-electron chi connectivity index (χ2n) is 3.61. The molecule has 17 heavy (non-hydrogen) atoms. The lowest BCUT2D eigenvalue weighted by atomic mass is 10.2. The highest BCUT2D eigenvalue weighted by Gasteiger charge is 2.08. The van der Waals surface area contributed by atoms with Gasteiger partial charge in [-0.05, 0) is 19.9 Å². The Labute approximate surface area is 99.8 Å². The van der Waals surface area contributed by atoms with Gasteiger partial charge in [0.05, 0.1) is 17.4 Å². The van der Waals surface area contributed by atoms with E-state index >= 15 is 0 Å². The van der Waals surface area contributed by atoms with Crippen LogP contribution in [0.3, 0.4) is 0 Å². The van der Waals surface area contributed by atoms with Crippen molar-refractivity contribution in [1.29, 1.82) is 0 Å². The number of carboxylic acid groups (broad SMARTS) is 1. The Morgan fingerprint density at radius 1 is 1.71 bits per heavy atom. The zero-order chi connectivity index (χ0) is 12.8. The SMILES string of the molecule is CCOC(C)CNc1ncc(C(=O)O)cc1N. The maximum Gasteiger partial charge on any atom is 0.337 e. The fourth-order valence-corrected chi connectivity index (χ4v) is 1.33. The highest BCUT2D eigenvalue weighted by molar-refractivity contribution is 5.89. The molecule has 0 spiro atoms. The number of nitrogens with zero attached hydrogens (tertiary/aromatic N) is 1. The number of pyridine rings is 1. The Hall–Kier alpha value is -1.82. The number of aromatic carboxylic acids is 1. The van der Waals surface area contributed by atoms with E-state index in [9.17, 15) is 4.79 Å². The fraction of sp³-hybridized carbons (Fsp3) is 0.455. The van der Waals surface area contributed by atoms with Crippen molar-refractivity contribution in [2.45, 2.75) is 20.0 Å². The van der Waals surface area contributed by atoms with Crippen molar-refractivity contribution in [2.75, 3.05) is 24.2 Å². The first-order valence-electron chi connectivity index (χ1n) is 5.38. The summed E-state index contributed by atoms with van der Waals surface area (Å²) < 4.78 is 5.34. The number of carboxylic acids is 1. The molecule has 1 heterocycles. The first-order chi connectivity index (χ1) is 8.04. The smallest absolute Gasteiger partial charge is 0.337 e. The van der Waals surface area contributed by atoms with E-state index in [4.69, 9.17) is 15.6 Å². The second kappa shape index (κ2) is 6.05. The second-order valence-corrected chi connectivity index (χ2v) is 3.61. The van der Waals surface area contributed by atoms with Crippen LogP contribution in [0.5, 0.6) is 0 Å². The molecule has 0 saturated heterocycles. The normalized spacial score (nSPS) is 12.1. The summed E-state index contributed by atoms with van der Waals surface area (Å²) in [5.74, 6) is -0.569. The van der Waals surface area contributed by atoms with Gasteiger partial charge in [0, 0.05) is 19.3 Å². The van der Waals surface area contributed by atoms with Gasteiger partial charge in [0.25, 0.3) is 0 Å². The number of hydrogen-bond acceptors (Lipinski definition) is 5. The molecule has 4 N–H and O–H groups in total. The van der Waals surface area contributed by atoms with E-state index in [1.807, 2.05) is 13.8 Å². The summed E-state index contributed by atoms with van der Waals surface area (Å²) in [5.41, 5.74) is 6.08. The number of ether oxygens (including phenoxy) is 1. The lowest BCUT2D eigenvalue weighted by Gasteiger charge is -2.14. The average molecular weight is 239 g/mol. The Kier molecular flexibility index (Phi) is 4.71. The van der Waals surface area contributed by atoms with Gasteiger partial charge >= 0.3 is 5.97 Å². The van der Waals surface area contributed by atoms with E-state index in [1.54, 1.807) is 0 Å². The van der Waals surface area contributed by atoms with Gasteiger partial charge in [-0.2, -0.15) is 0 Å². The van der Waals surface area contributed by atoms with Crippen molar-refractivity contribution in [1.82, 2.24) is 4.98 Å². The van der Waals surface area contributed by atoms with Gasteiger partial charge in [-0.3, -0.25) is 0 Å². The molecule has 1 aromatic heterocycles. The van der Waals surface area contributed by atoms with Gasteiger partial charge in [0.2, 0.25) is 0 Å². The third kappa shape index (κ3) is 3.92. The Morgan fingerprint density at radius 2 is 2.41 bits per heavy atom. The van der Waals surface area contributed by atoms with Crippen molar-refractivity contribution in [2.24, 2.45) is 0 Å². The predicted molar refractivity (Wildman–Crippen MR) is 65.2 cm³/mol. The largest absolute Gasteiger partial charge is 0.478 e. The molecular weight excluding hydrogens is 222 g/mol. The maximum absolute atomic E-state index is 10.7. The number of hydrogen-bond donors (Lipinski definition) is 3. The summed E-state index contributed by atoms with van der Waals surface area (Å²) in [5, 5.41) is 11.8. The average Bonchev–Trinajstić information content (AvgIpc) is 2.27. The molecule has 0 aliphatic carbocycles. The van der Waals surface area contributed by atoms with Gasteiger partial charge in [0.15, 0.2) is 0 Å². The summed E-state index contributed by atoms with van der Waals surface area (Å²) in [4.78, 5) is 14.6. The minimum Gasteiger partial charge on any atom is -0.478 e. The molecule has 0 bridgehead atoms. The molecule has 6 heteroatoms. The molecule has 0 saturated carbocycles. The van der Waals surface area contributed by atoms with Gasteiger partial charge in [0.1, 0.15) is 5.82 Å². The molecule has 1 atom stereocenters. The van der Waals surface area contributed by atoms with E-state index in [0.717, 1.165) is 0 Å². The predicted octanol–water partition coefficient (Wildman–Crippen LogP) is 1.20. The van der Waals surface area contributed by atoms with Crippen LogP contribution in [-0.4, -0.2) is 35.3 Å². The summed E-state index contributed by atoms with van der Waals surface area (Å²) in [6.45, 7) is 5.06. The molecule has 0 aromatic carbocycles. The molecule has 6 nitrogen and oxygen atoms in total. The van der Waals surface area contributed by atoms with Crippen molar-refractivity contribution in [3.05, 3.63) is 17.8 Å². The van der Waals surface area contributed by atoms with Crippen molar-refractivity contribution < 1.29 is 14.6 Å². The fourth-order valence-electron chi connectivity index (χ4n) is 1.33. The molecule has 0 aliphatic rings. The van der Waals surface area contributed by atoms with Gasteiger partial charge in [-0.15, -0.1) is 0 Å². The zero-order valence-corrected chi connectivity index (χ0v) is 9.93. The number of nitrogens with one attached hydrogen (secondary N) is 1.